The number of ether oxygens (including phenoxy) is 1. The molecule has 106 valence electrons. The first-order valence-electron chi connectivity index (χ1n) is 7.23. The van der Waals surface area contributed by atoms with Gasteiger partial charge in [0.15, 0.2) is 0 Å². The molecule has 3 unspecified atom stereocenters. The summed E-state index contributed by atoms with van der Waals surface area (Å²) in [6.07, 6.45) is -0.409. The van der Waals surface area contributed by atoms with E-state index in [1.165, 1.54) is 0 Å². The van der Waals surface area contributed by atoms with Crippen molar-refractivity contribution in [3.63, 3.8) is 0 Å². The minimum Gasteiger partial charge on any atom is -0.494 e. The number of aliphatic hydroxyl groups is 1. The van der Waals surface area contributed by atoms with Crippen LogP contribution in [0.15, 0.2) is 24.3 Å². The molecular formula is C16H25NO2. The standard InChI is InChI=1S/C16H25NO2/c1-4-19-15-7-5-14(6-8-15)16(18)11-17-9-12(2)13(3)10-17/h5-8,12-13,16,18H,4,9-11H2,1-3H3. The molecule has 3 nitrogen and oxygen atoms in total. The van der Waals surface area contributed by atoms with Crippen LogP contribution < -0.4 is 4.74 Å². The second-order valence-corrected chi connectivity index (χ2v) is 5.69. The normalized spacial score (nSPS) is 25.5. The van der Waals surface area contributed by atoms with E-state index >= 15 is 0 Å². The third kappa shape index (κ3) is 3.71. The van der Waals surface area contributed by atoms with Gasteiger partial charge in [-0.15, -0.1) is 0 Å². The Morgan fingerprint density at radius 2 is 1.79 bits per heavy atom. The molecule has 0 bridgehead atoms. The molecule has 0 amide bonds. The summed E-state index contributed by atoms with van der Waals surface area (Å²) in [5, 5.41) is 10.3. The third-order valence-corrected chi connectivity index (χ3v) is 4.07. The van der Waals surface area contributed by atoms with E-state index in [1.54, 1.807) is 0 Å². The fraction of sp³-hybridized carbons (Fsp3) is 0.625. The Kier molecular flexibility index (Phi) is 4.83. The van der Waals surface area contributed by atoms with Crippen molar-refractivity contribution in [3.8, 4) is 5.75 Å². The number of hydrogen-bond acceptors (Lipinski definition) is 3. The molecule has 1 aromatic rings. The Balaban J connectivity index is 1.90. The van der Waals surface area contributed by atoms with Crippen LogP contribution in [-0.2, 0) is 0 Å². The molecule has 0 radical (unpaired) electrons. The highest BCUT2D eigenvalue weighted by Crippen LogP contribution is 2.25. The highest BCUT2D eigenvalue weighted by atomic mass is 16.5. The molecule has 1 saturated heterocycles. The molecule has 1 aromatic carbocycles. The van der Waals surface area contributed by atoms with Crippen molar-refractivity contribution >= 4 is 0 Å². The van der Waals surface area contributed by atoms with Crippen LogP contribution in [0.2, 0.25) is 0 Å². The second kappa shape index (κ2) is 6.40. The maximum atomic E-state index is 10.3. The topological polar surface area (TPSA) is 32.7 Å². The van der Waals surface area contributed by atoms with Crippen molar-refractivity contribution in [2.24, 2.45) is 11.8 Å². The van der Waals surface area contributed by atoms with E-state index in [1.807, 2.05) is 31.2 Å². The monoisotopic (exact) mass is 263 g/mol. The first-order chi connectivity index (χ1) is 9.10. The van der Waals surface area contributed by atoms with Gasteiger partial charge in [-0.3, -0.25) is 4.90 Å². The molecule has 1 aliphatic heterocycles. The predicted octanol–water partition coefficient (Wildman–Crippen LogP) is 2.71. The zero-order chi connectivity index (χ0) is 13.8. The lowest BCUT2D eigenvalue weighted by Crippen LogP contribution is -2.26. The molecule has 1 N–H and O–H groups in total. The summed E-state index contributed by atoms with van der Waals surface area (Å²) >= 11 is 0. The lowest BCUT2D eigenvalue weighted by molar-refractivity contribution is 0.123. The van der Waals surface area contributed by atoms with Crippen LogP contribution in [0.1, 0.15) is 32.4 Å². The number of hydrogen-bond donors (Lipinski definition) is 1. The molecule has 1 heterocycles. The summed E-state index contributed by atoms with van der Waals surface area (Å²) in [5.74, 6) is 2.32. The van der Waals surface area contributed by atoms with E-state index in [4.69, 9.17) is 4.74 Å². The largest absolute Gasteiger partial charge is 0.494 e. The van der Waals surface area contributed by atoms with Crippen LogP contribution in [0.25, 0.3) is 0 Å². The van der Waals surface area contributed by atoms with Crippen molar-refractivity contribution in [3.05, 3.63) is 29.8 Å². The Hall–Kier alpha value is -1.06. The Morgan fingerprint density at radius 3 is 2.32 bits per heavy atom. The number of β-amino-alcohol motifs (C(OH)–C–C–N with tert-alkyl or cyclic N) is 1. The molecular weight excluding hydrogens is 238 g/mol. The zero-order valence-corrected chi connectivity index (χ0v) is 12.2. The van der Waals surface area contributed by atoms with Crippen LogP contribution in [0.3, 0.4) is 0 Å². The molecule has 3 heteroatoms. The summed E-state index contributed by atoms with van der Waals surface area (Å²) < 4.78 is 5.41. The van der Waals surface area contributed by atoms with E-state index < -0.39 is 6.10 Å². The van der Waals surface area contributed by atoms with Gasteiger partial charge in [-0.25, -0.2) is 0 Å². The van der Waals surface area contributed by atoms with Crippen molar-refractivity contribution in [2.45, 2.75) is 26.9 Å². The van der Waals surface area contributed by atoms with Gasteiger partial charge < -0.3 is 9.84 Å². The summed E-state index contributed by atoms with van der Waals surface area (Å²) in [6.45, 7) is 10.1. The van der Waals surface area contributed by atoms with Crippen molar-refractivity contribution in [1.82, 2.24) is 4.90 Å². The molecule has 0 aliphatic carbocycles. The van der Waals surface area contributed by atoms with Crippen molar-refractivity contribution in [2.75, 3.05) is 26.2 Å². The quantitative estimate of drug-likeness (QED) is 0.886. The van der Waals surface area contributed by atoms with Gasteiger partial charge in [0.05, 0.1) is 12.7 Å². The van der Waals surface area contributed by atoms with Gasteiger partial charge in [0.1, 0.15) is 5.75 Å². The highest BCUT2D eigenvalue weighted by molar-refractivity contribution is 5.28. The first kappa shape index (κ1) is 14.4. The van der Waals surface area contributed by atoms with Gasteiger partial charge in [-0.05, 0) is 36.5 Å². The van der Waals surface area contributed by atoms with Crippen LogP contribution >= 0.6 is 0 Å². The number of nitrogens with zero attached hydrogens (tertiary/aromatic N) is 1. The van der Waals surface area contributed by atoms with Gasteiger partial charge in [0, 0.05) is 19.6 Å². The molecule has 0 spiro atoms. The van der Waals surface area contributed by atoms with E-state index in [0.29, 0.717) is 6.61 Å². The van der Waals surface area contributed by atoms with Crippen LogP contribution in [-0.4, -0.2) is 36.2 Å². The lowest BCUT2D eigenvalue weighted by Gasteiger charge is -2.20. The minimum absolute atomic E-state index is 0.409. The predicted molar refractivity (Wildman–Crippen MR) is 77.3 cm³/mol. The van der Waals surface area contributed by atoms with Gasteiger partial charge in [0.25, 0.3) is 0 Å². The van der Waals surface area contributed by atoms with E-state index in [0.717, 1.165) is 42.8 Å². The summed E-state index contributed by atoms with van der Waals surface area (Å²) in [4.78, 5) is 2.36. The van der Waals surface area contributed by atoms with E-state index in [9.17, 15) is 5.11 Å². The summed E-state index contributed by atoms with van der Waals surface area (Å²) in [7, 11) is 0. The van der Waals surface area contributed by atoms with E-state index in [-0.39, 0.29) is 0 Å². The Bertz CT molecular complexity index is 380. The molecule has 1 aliphatic rings. The lowest BCUT2D eigenvalue weighted by atomic mass is 10.0. The van der Waals surface area contributed by atoms with Crippen LogP contribution in [0.4, 0.5) is 0 Å². The van der Waals surface area contributed by atoms with Gasteiger partial charge in [-0.2, -0.15) is 0 Å². The van der Waals surface area contributed by atoms with Crippen LogP contribution in [0, 0.1) is 11.8 Å². The summed E-state index contributed by atoms with van der Waals surface area (Å²) in [6, 6.07) is 7.77. The second-order valence-electron chi connectivity index (χ2n) is 5.69. The highest BCUT2D eigenvalue weighted by Gasteiger charge is 2.27. The minimum atomic E-state index is -0.409. The van der Waals surface area contributed by atoms with Gasteiger partial charge >= 0.3 is 0 Å². The maximum Gasteiger partial charge on any atom is 0.119 e. The van der Waals surface area contributed by atoms with Gasteiger partial charge in [0.2, 0.25) is 0 Å². The average Bonchev–Trinajstić information content (AvgIpc) is 2.69. The summed E-state index contributed by atoms with van der Waals surface area (Å²) in [5.41, 5.74) is 0.968. The number of benzene rings is 1. The molecule has 19 heavy (non-hydrogen) atoms. The number of aliphatic hydroxyl groups excluding tert-OH is 1. The third-order valence-electron chi connectivity index (χ3n) is 4.07. The molecule has 0 aromatic heterocycles. The zero-order valence-electron chi connectivity index (χ0n) is 12.2. The molecule has 2 rings (SSSR count). The van der Waals surface area contributed by atoms with Crippen molar-refractivity contribution in [1.29, 1.82) is 0 Å². The maximum absolute atomic E-state index is 10.3. The number of rotatable bonds is 5. The molecule has 0 saturated carbocycles. The SMILES string of the molecule is CCOc1ccc(C(O)CN2CC(C)C(C)C2)cc1. The molecule has 1 fully saturated rings. The van der Waals surface area contributed by atoms with Crippen LogP contribution in [0.5, 0.6) is 5.75 Å². The van der Waals surface area contributed by atoms with Crippen molar-refractivity contribution < 1.29 is 9.84 Å². The first-order valence-corrected chi connectivity index (χ1v) is 7.23. The smallest absolute Gasteiger partial charge is 0.119 e. The fourth-order valence-corrected chi connectivity index (χ4v) is 2.70. The fourth-order valence-electron chi connectivity index (χ4n) is 2.70. The average molecular weight is 263 g/mol. The Morgan fingerprint density at radius 1 is 1.21 bits per heavy atom. The number of likely N-dealkylation sites (tertiary alicyclic amines) is 1. The van der Waals surface area contributed by atoms with Gasteiger partial charge in [-0.1, -0.05) is 26.0 Å². The molecule has 3 atom stereocenters. The van der Waals surface area contributed by atoms with E-state index in [2.05, 4.69) is 18.7 Å². The Labute approximate surface area is 116 Å².